The number of amides is 2. The number of nitrogens with one attached hydrogen (secondary N) is 1. The number of hydrogen-bond donors (Lipinski definition) is 1. The van der Waals surface area contributed by atoms with E-state index in [9.17, 15) is 9.59 Å². The van der Waals surface area contributed by atoms with Crippen LogP contribution in [0.5, 0.6) is 0 Å². The maximum absolute atomic E-state index is 12.7. The molecule has 150 valence electrons. The molecule has 29 heavy (non-hydrogen) atoms. The van der Waals surface area contributed by atoms with E-state index in [1.807, 2.05) is 44.2 Å². The number of aryl methyl sites for hydroxylation is 1. The van der Waals surface area contributed by atoms with Crippen LogP contribution >= 0.6 is 0 Å². The van der Waals surface area contributed by atoms with Crippen LogP contribution in [0.1, 0.15) is 47.3 Å². The molecule has 0 bridgehead atoms. The van der Waals surface area contributed by atoms with Gasteiger partial charge in [0.15, 0.2) is 0 Å². The fourth-order valence-corrected chi connectivity index (χ4v) is 3.44. The minimum Gasteiger partial charge on any atom is -0.345 e. The van der Waals surface area contributed by atoms with Gasteiger partial charge >= 0.3 is 0 Å². The van der Waals surface area contributed by atoms with Crippen molar-refractivity contribution in [2.45, 2.75) is 46.1 Å². The number of carbonyl (C=O) groups excluding carboxylic acids is 2. The predicted octanol–water partition coefficient (Wildman–Crippen LogP) is 1.53. The second-order valence-electron chi connectivity index (χ2n) is 7.02. The molecule has 0 aliphatic carbocycles. The Labute approximate surface area is 168 Å². The third-order valence-electron chi connectivity index (χ3n) is 5.08. The molecule has 0 fully saturated rings. The summed E-state index contributed by atoms with van der Waals surface area (Å²) in [6.07, 6.45) is 1.77. The van der Waals surface area contributed by atoms with Crippen molar-refractivity contribution >= 4 is 11.8 Å². The van der Waals surface area contributed by atoms with Crippen LogP contribution in [0, 0.1) is 0 Å². The molecule has 1 N–H and O–H groups in total. The van der Waals surface area contributed by atoms with Crippen molar-refractivity contribution in [2.75, 3.05) is 0 Å². The fourth-order valence-electron chi connectivity index (χ4n) is 3.44. The van der Waals surface area contributed by atoms with E-state index in [4.69, 9.17) is 0 Å². The summed E-state index contributed by atoms with van der Waals surface area (Å²) < 4.78 is 3.35. The lowest BCUT2D eigenvalue weighted by Crippen LogP contribution is -2.41. The summed E-state index contributed by atoms with van der Waals surface area (Å²) in [4.78, 5) is 26.9. The Morgan fingerprint density at radius 1 is 1.24 bits per heavy atom. The summed E-state index contributed by atoms with van der Waals surface area (Å²) in [5, 5.41) is 15.4. The minimum atomic E-state index is -0.431. The quantitative estimate of drug-likeness (QED) is 0.685. The molecule has 4 rings (SSSR count). The molecule has 0 radical (unpaired) electrons. The maximum atomic E-state index is 12.7. The Morgan fingerprint density at radius 3 is 2.76 bits per heavy atom. The van der Waals surface area contributed by atoms with Gasteiger partial charge in [0, 0.05) is 19.3 Å². The summed E-state index contributed by atoms with van der Waals surface area (Å²) in [5.74, 6) is -0.257. The highest BCUT2D eigenvalue weighted by Crippen LogP contribution is 2.24. The molecule has 1 unspecified atom stereocenters. The zero-order valence-electron chi connectivity index (χ0n) is 16.4. The van der Waals surface area contributed by atoms with Crippen molar-refractivity contribution in [1.82, 2.24) is 35.0 Å². The van der Waals surface area contributed by atoms with Crippen molar-refractivity contribution in [1.29, 1.82) is 0 Å². The number of fused-ring (bicyclic) bond motifs is 1. The van der Waals surface area contributed by atoms with E-state index in [0.717, 1.165) is 11.3 Å². The van der Waals surface area contributed by atoms with Crippen molar-refractivity contribution in [3.63, 3.8) is 0 Å². The van der Waals surface area contributed by atoms with Gasteiger partial charge in [-0.15, -0.1) is 5.10 Å². The third-order valence-corrected chi connectivity index (χ3v) is 5.08. The SMILES string of the molecule is CCn1ccc(C(=O)NCc2nnn3c2CN(Cc2ccccc2)C(=O)C3C)n1. The van der Waals surface area contributed by atoms with Crippen LogP contribution in [0.3, 0.4) is 0 Å². The van der Waals surface area contributed by atoms with Gasteiger partial charge in [-0.05, 0) is 25.5 Å². The van der Waals surface area contributed by atoms with Crippen LogP contribution in [-0.4, -0.2) is 41.5 Å². The van der Waals surface area contributed by atoms with Crippen LogP contribution in [0.4, 0.5) is 0 Å². The normalized spacial score (nSPS) is 16.0. The number of rotatable bonds is 6. The molecule has 0 saturated heterocycles. The van der Waals surface area contributed by atoms with E-state index in [-0.39, 0.29) is 18.4 Å². The Balaban J connectivity index is 1.48. The van der Waals surface area contributed by atoms with Gasteiger partial charge in [0.2, 0.25) is 5.91 Å². The Bertz CT molecular complexity index is 1020. The Kier molecular flexibility index (Phi) is 5.11. The van der Waals surface area contributed by atoms with Gasteiger partial charge in [-0.3, -0.25) is 14.3 Å². The highest BCUT2D eigenvalue weighted by Gasteiger charge is 2.33. The standard InChI is InChI=1S/C20H23N7O2/c1-3-26-10-9-16(23-26)19(28)21-11-17-18-13-25(12-15-7-5-4-6-8-15)20(29)14(2)27(18)24-22-17/h4-10,14H,3,11-13H2,1-2H3,(H,21,28). The van der Waals surface area contributed by atoms with E-state index in [1.165, 1.54) is 0 Å². The number of nitrogens with zero attached hydrogens (tertiary/aromatic N) is 6. The second kappa shape index (κ2) is 7.86. The third kappa shape index (κ3) is 3.75. The summed E-state index contributed by atoms with van der Waals surface area (Å²) in [5.41, 5.74) is 2.93. The first kappa shape index (κ1) is 18.9. The minimum absolute atomic E-state index is 0.00643. The summed E-state index contributed by atoms with van der Waals surface area (Å²) in [6.45, 7) is 5.64. The first-order valence-corrected chi connectivity index (χ1v) is 9.64. The zero-order valence-corrected chi connectivity index (χ0v) is 16.4. The molecular formula is C20H23N7O2. The van der Waals surface area contributed by atoms with Gasteiger partial charge in [-0.2, -0.15) is 5.10 Å². The monoisotopic (exact) mass is 393 g/mol. The van der Waals surface area contributed by atoms with Crippen molar-refractivity contribution < 1.29 is 9.59 Å². The number of carbonyl (C=O) groups is 2. The van der Waals surface area contributed by atoms with Gasteiger partial charge in [0.25, 0.3) is 5.91 Å². The van der Waals surface area contributed by atoms with Crippen molar-refractivity contribution in [3.8, 4) is 0 Å². The lowest BCUT2D eigenvalue weighted by Gasteiger charge is -2.31. The molecule has 1 aliphatic heterocycles. The first-order chi connectivity index (χ1) is 14.1. The average molecular weight is 393 g/mol. The smallest absolute Gasteiger partial charge is 0.272 e. The maximum Gasteiger partial charge on any atom is 0.272 e. The number of benzene rings is 1. The predicted molar refractivity (Wildman–Crippen MR) is 105 cm³/mol. The van der Waals surface area contributed by atoms with Gasteiger partial charge < -0.3 is 10.2 Å². The molecule has 0 spiro atoms. The van der Waals surface area contributed by atoms with Crippen LogP contribution in [0.25, 0.3) is 0 Å². The molecule has 2 aromatic heterocycles. The molecule has 1 aromatic carbocycles. The Hall–Kier alpha value is -3.49. The van der Waals surface area contributed by atoms with Crippen molar-refractivity contribution in [3.05, 3.63) is 65.2 Å². The largest absolute Gasteiger partial charge is 0.345 e. The van der Waals surface area contributed by atoms with Crippen LogP contribution in [0.15, 0.2) is 42.6 Å². The lowest BCUT2D eigenvalue weighted by atomic mass is 10.1. The lowest BCUT2D eigenvalue weighted by molar-refractivity contribution is -0.138. The topological polar surface area (TPSA) is 97.9 Å². The molecule has 2 amide bonds. The second-order valence-corrected chi connectivity index (χ2v) is 7.02. The molecule has 3 heterocycles. The molecule has 3 aromatic rings. The van der Waals surface area contributed by atoms with E-state index in [2.05, 4.69) is 20.7 Å². The van der Waals surface area contributed by atoms with E-state index in [0.29, 0.717) is 31.0 Å². The van der Waals surface area contributed by atoms with Crippen LogP contribution in [-0.2, 0) is 31.0 Å². The van der Waals surface area contributed by atoms with Crippen LogP contribution in [0.2, 0.25) is 0 Å². The first-order valence-electron chi connectivity index (χ1n) is 9.64. The Morgan fingerprint density at radius 2 is 2.03 bits per heavy atom. The summed E-state index contributed by atoms with van der Waals surface area (Å²) in [6, 6.07) is 11.1. The van der Waals surface area contributed by atoms with E-state index >= 15 is 0 Å². The van der Waals surface area contributed by atoms with Gasteiger partial charge in [0.1, 0.15) is 17.4 Å². The summed E-state index contributed by atoms with van der Waals surface area (Å²) in [7, 11) is 0. The van der Waals surface area contributed by atoms with E-state index < -0.39 is 6.04 Å². The average Bonchev–Trinajstić information content (AvgIpc) is 3.38. The fraction of sp³-hybridized carbons (Fsp3) is 0.350. The highest BCUT2D eigenvalue weighted by atomic mass is 16.2. The van der Waals surface area contributed by atoms with Gasteiger partial charge in [0.05, 0.1) is 18.8 Å². The van der Waals surface area contributed by atoms with Crippen LogP contribution < -0.4 is 5.32 Å². The molecule has 0 saturated carbocycles. The highest BCUT2D eigenvalue weighted by molar-refractivity contribution is 5.92. The molecule has 9 heteroatoms. The number of hydrogen-bond acceptors (Lipinski definition) is 5. The molecular weight excluding hydrogens is 370 g/mol. The molecule has 1 atom stereocenters. The molecule has 1 aliphatic rings. The van der Waals surface area contributed by atoms with Gasteiger partial charge in [-0.1, -0.05) is 35.5 Å². The van der Waals surface area contributed by atoms with Gasteiger partial charge in [-0.25, -0.2) is 4.68 Å². The zero-order chi connectivity index (χ0) is 20.4. The molecule has 9 nitrogen and oxygen atoms in total. The van der Waals surface area contributed by atoms with E-state index in [1.54, 1.807) is 26.5 Å². The number of aromatic nitrogens is 5. The summed E-state index contributed by atoms with van der Waals surface area (Å²) >= 11 is 0. The van der Waals surface area contributed by atoms with Crippen molar-refractivity contribution in [2.24, 2.45) is 0 Å².